The maximum Gasteiger partial charge on any atom is 0.147 e. The maximum atomic E-state index is 15.4. The Morgan fingerprint density at radius 3 is 1.76 bits per heavy atom. The highest BCUT2D eigenvalue weighted by Crippen LogP contribution is 2.42. The van der Waals surface area contributed by atoms with Crippen LogP contribution in [-0.2, 0) is 0 Å². The fraction of sp³-hybridized carbons (Fsp3) is 0. The van der Waals surface area contributed by atoms with Crippen LogP contribution in [0.1, 0.15) is 0 Å². The summed E-state index contributed by atoms with van der Waals surface area (Å²) in [5, 5.41) is 4.56. The van der Waals surface area contributed by atoms with E-state index in [4.69, 9.17) is 0 Å². The van der Waals surface area contributed by atoms with Gasteiger partial charge < -0.3 is 9.47 Å². The van der Waals surface area contributed by atoms with Crippen LogP contribution in [0.5, 0.6) is 0 Å². The van der Waals surface area contributed by atoms with Crippen LogP contribution in [0.25, 0.3) is 81.0 Å². The molecule has 0 aliphatic carbocycles. The van der Waals surface area contributed by atoms with Gasteiger partial charge in [0.25, 0.3) is 0 Å². The normalized spacial score (nSPS) is 11.5. The van der Waals surface area contributed by atoms with Crippen molar-refractivity contribution in [1.82, 2.24) is 4.57 Å². The van der Waals surface area contributed by atoms with Crippen molar-refractivity contribution in [3.8, 4) is 39.1 Å². The first-order chi connectivity index (χ1) is 28.7. The van der Waals surface area contributed by atoms with Gasteiger partial charge in [0.05, 0.1) is 11.0 Å². The molecule has 11 rings (SSSR count). The van der Waals surface area contributed by atoms with Crippen LogP contribution in [0.2, 0.25) is 0 Å². The van der Waals surface area contributed by atoms with Gasteiger partial charge in [0.15, 0.2) is 0 Å². The van der Waals surface area contributed by atoms with Gasteiger partial charge in [-0.05, 0) is 100 Å². The number of para-hydroxylation sites is 2. The van der Waals surface area contributed by atoms with Gasteiger partial charge in [0.1, 0.15) is 5.82 Å². The molecule has 0 aliphatic rings. The number of aromatic nitrogens is 1. The number of thiophene rings is 1. The Balaban J connectivity index is 0.985. The number of hydrogen-bond acceptors (Lipinski definition) is 2. The van der Waals surface area contributed by atoms with Crippen molar-refractivity contribution in [2.24, 2.45) is 0 Å². The van der Waals surface area contributed by atoms with E-state index in [1.54, 1.807) is 6.07 Å². The molecule has 0 bridgehead atoms. The molecule has 0 unspecified atom stereocenters. The lowest BCUT2D eigenvalue weighted by Crippen LogP contribution is -2.10. The average Bonchev–Trinajstić information content (AvgIpc) is 3.85. The molecule has 0 fully saturated rings. The number of halogens is 1. The SMILES string of the molecule is Fc1cccc2c3ccccc3n(-c3ccc(-c4cccc(N(c5ccc(-c6ccccc6)cc5)c5ccc(-c6cccc7c6sc6ccccc67)cc5)c4)cc3)c12. The third-order valence-electron chi connectivity index (χ3n) is 11.3. The van der Waals surface area contributed by atoms with Crippen LogP contribution in [0.4, 0.5) is 21.5 Å². The molecule has 2 heterocycles. The van der Waals surface area contributed by atoms with Gasteiger partial charge in [0.2, 0.25) is 0 Å². The van der Waals surface area contributed by atoms with E-state index >= 15 is 4.39 Å². The highest BCUT2D eigenvalue weighted by Gasteiger charge is 2.18. The van der Waals surface area contributed by atoms with Crippen molar-refractivity contribution >= 4 is 70.4 Å². The molecule has 0 amide bonds. The zero-order valence-electron chi connectivity index (χ0n) is 31.4. The number of anilines is 3. The zero-order chi connectivity index (χ0) is 38.6. The van der Waals surface area contributed by atoms with Crippen LogP contribution < -0.4 is 4.90 Å². The quantitative estimate of drug-likeness (QED) is 0.157. The second-order valence-corrected chi connectivity index (χ2v) is 15.7. The number of benzene rings is 9. The Morgan fingerprint density at radius 1 is 0.397 bits per heavy atom. The van der Waals surface area contributed by atoms with Gasteiger partial charge in [-0.15, -0.1) is 11.3 Å². The Morgan fingerprint density at radius 2 is 0.966 bits per heavy atom. The monoisotopic (exact) mass is 762 g/mol. The Labute approximate surface area is 339 Å². The first-order valence-electron chi connectivity index (χ1n) is 19.5. The molecular weight excluding hydrogens is 728 g/mol. The smallest absolute Gasteiger partial charge is 0.147 e. The first kappa shape index (κ1) is 34.0. The molecule has 0 saturated heterocycles. The number of fused-ring (bicyclic) bond motifs is 6. The second-order valence-electron chi connectivity index (χ2n) is 14.7. The van der Waals surface area contributed by atoms with E-state index < -0.39 is 0 Å². The lowest BCUT2D eigenvalue weighted by atomic mass is 10.0. The summed E-state index contributed by atoms with van der Waals surface area (Å²) < 4.78 is 20.1. The zero-order valence-corrected chi connectivity index (χ0v) is 32.2. The van der Waals surface area contributed by atoms with Gasteiger partial charge in [0, 0.05) is 53.7 Å². The van der Waals surface area contributed by atoms with Gasteiger partial charge in [-0.2, -0.15) is 0 Å². The molecule has 274 valence electrons. The highest BCUT2D eigenvalue weighted by atomic mass is 32.1. The Hall–Kier alpha value is -7.27. The summed E-state index contributed by atoms with van der Waals surface area (Å²) in [6.07, 6.45) is 0. The van der Waals surface area contributed by atoms with Crippen molar-refractivity contribution in [3.63, 3.8) is 0 Å². The molecule has 0 atom stereocenters. The van der Waals surface area contributed by atoms with E-state index in [0.717, 1.165) is 50.2 Å². The van der Waals surface area contributed by atoms with Crippen LogP contribution in [0.3, 0.4) is 0 Å². The lowest BCUT2D eigenvalue weighted by Gasteiger charge is -2.26. The Kier molecular flexibility index (Phi) is 8.23. The second kappa shape index (κ2) is 14.0. The molecule has 2 nitrogen and oxygen atoms in total. The molecule has 9 aromatic carbocycles. The van der Waals surface area contributed by atoms with Crippen molar-refractivity contribution in [3.05, 3.63) is 218 Å². The van der Waals surface area contributed by atoms with E-state index in [1.165, 1.54) is 48.5 Å². The molecule has 2 aromatic heterocycles. The van der Waals surface area contributed by atoms with Crippen molar-refractivity contribution in [2.75, 3.05) is 4.90 Å². The van der Waals surface area contributed by atoms with E-state index in [2.05, 4.69) is 187 Å². The molecule has 4 heteroatoms. The van der Waals surface area contributed by atoms with E-state index in [0.29, 0.717) is 5.52 Å². The standard InChI is InChI=1S/C54H35FN2S/c55-50-20-10-18-48-46-15-4-6-21-51(46)57(53(48)50)43-31-25-38(26-32-43)40-13-8-14-44(35-40)56(41-29-23-37(24-30-41)36-11-2-1-3-12-36)42-33-27-39(28-34-42)45-17-9-19-49-47-16-5-7-22-52(47)58-54(45)49/h1-35H. The third kappa shape index (κ3) is 5.77. The fourth-order valence-electron chi connectivity index (χ4n) is 8.52. The summed E-state index contributed by atoms with van der Waals surface area (Å²) >= 11 is 1.86. The largest absolute Gasteiger partial charge is 0.310 e. The summed E-state index contributed by atoms with van der Waals surface area (Å²) in [6, 6.07) is 74.2. The van der Waals surface area contributed by atoms with Crippen LogP contribution in [0.15, 0.2) is 212 Å². The van der Waals surface area contributed by atoms with Crippen LogP contribution in [0, 0.1) is 5.82 Å². The molecular formula is C54H35FN2S. The Bertz CT molecular complexity index is 3270. The molecule has 0 saturated carbocycles. The minimum atomic E-state index is -0.229. The first-order valence-corrected chi connectivity index (χ1v) is 20.3. The van der Waals surface area contributed by atoms with E-state index in [9.17, 15) is 0 Å². The topological polar surface area (TPSA) is 8.17 Å². The van der Waals surface area contributed by atoms with Crippen molar-refractivity contribution < 1.29 is 4.39 Å². The fourth-order valence-corrected chi connectivity index (χ4v) is 9.76. The number of rotatable bonds is 7. The lowest BCUT2D eigenvalue weighted by molar-refractivity contribution is 0.635. The predicted octanol–water partition coefficient (Wildman–Crippen LogP) is 15.8. The number of hydrogen-bond donors (Lipinski definition) is 0. The minimum absolute atomic E-state index is 0.229. The highest BCUT2D eigenvalue weighted by molar-refractivity contribution is 7.26. The van der Waals surface area contributed by atoms with Crippen LogP contribution >= 0.6 is 11.3 Å². The van der Waals surface area contributed by atoms with Crippen molar-refractivity contribution in [2.45, 2.75) is 0 Å². The summed E-state index contributed by atoms with van der Waals surface area (Å²) in [6.45, 7) is 0. The number of nitrogens with zero attached hydrogens (tertiary/aromatic N) is 2. The third-order valence-corrected chi connectivity index (χ3v) is 12.5. The minimum Gasteiger partial charge on any atom is -0.310 e. The maximum absolute atomic E-state index is 15.4. The summed E-state index contributed by atoms with van der Waals surface area (Å²) in [4.78, 5) is 2.33. The predicted molar refractivity (Wildman–Crippen MR) is 245 cm³/mol. The summed E-state index contributed by atoms with van der Waals surface area (Å²) in [7, 11) is 0. The van der Waals surface area contributed by atoms with Gasteiger partial charge in [-0.1, -0.05) is 146 Å². The molecule has 11 aromatic rings. The molecule has 0 aliphatic heterocycles. The van der Waals surface area contributed by atoms with Gasteiger partial charge in [-0.25, -0.2) is 4.39 Å². The summed E-state index contributed by atoms with van der Waals surface area (Å²) in [5.41, 5.74) is 12.7. The summed E-state index contributed by atoms with van der Waals surface area (Å²) in [5.74, 6) is -0.229. The van der Waals surface area contributed by atoms with Crippen molar-refractivity contribution in [1.29, 1.82) is 0 Å². The van der Waals surface area contributed by atoms with E-state index in [-0.39, 0.29) is 5.82 Å². The molecule has 0 N–H and O–H groups in total. The van der Waals surface area contributed by atoms with Gasteiger partial charge >= 0.3 is 0 Å². The van der Waals surface area contributed by atoms with Gasteiger partial charge in [-0.3, -0.25) is 0 Å². The molecule has 0 radical (unpaired) electrons. The average molecular weight is 763 g/mol. The van der Waals surface area contributed by atoms with Crippen LogP contribution in [-0.4, -0.2) is 4.57 Å². The molecule has 0 spiro atoms. The van der Waals surface area contributed by atoms with E-state index in [1.807, 2.05) is 34.1 Å². The molecule has 58 heavy (non-hydrogen) atoms.